The molecule has 1 N–H and O–H groups in total. The molecule has 0 amide bonds. The first-order valence-electron chi connectivity index (χ1n) is 2.63. The molecule has 0 aliphatic carbocycles. The highest BCUT2D eigenvalue weighted by atomic mass is 16.1. The van der Waals surface area contributed by atoms with Gasteiger partial charge in [0.1, 0.15) is 5.78 Å². The van der Waals surface area contributed by atoms with Gasteiger partial charge in [-0.1, -0.05) is 0 Å². The van der Waals surface area contributed by atoms with Crippen LogP contribution in [0.3, 0.4) is 0 Å². The van der Waals surface area contributed by atoms with Crippen molar-refractivity contribution in [3.8, 4) is 0 Å². The number of aromatic nitrogens is 3. The Morgan fingerprint density at radius 1 is 1.89 bits per heavy atom. The predicted molar refractivity (Wildman–Crippen MR) is 30.8 cm³/mol. The summed E-state index contributed by atoms with van der Waals surface area (Å²) in [6, 6.07) is 0. The third-order valence-electron chi connectivity index (χ3n) is 0.895. The maximum absolute atomic E-state index is 10.4. The molecule has 1 rings (SSSR count). The quantitative estimate of drug-likeness (QED) is 0.602. The molecule has 1 aromatic rings. The molecule has 0 atom stereocenters. The Balaban J connectivity index is 2.58. The SMILES string of the molecule is CC(=O)Cc1cn[nH]n1. The molecule has 0 aliphatic heterocycles. The van der Waals surface area contributed by atoms with E-state index >= 15 is 0 Å². The number of carbonyl (C=O) groups is 1. The van der Waals surface area contributed by atoms with Crippen molar-refractivity contribution in [2.75, 3.05) is 0 Å². The highest BCUT2D eigenvalue weighted by Gasteiger charge is 1.97. The van der Waals surface area contributed by atoms with E-state index in [1.807, 2.05) is 0 Å². The minimum atomic E-state index is 0.101. The Hall–Kier alpha value is -1.19. The van der Waals surface area contributed by atoms with Gasteiger partial charge in [-0.15, -0.1) is 0 Å². The van der Waals surface area contributed by atoms with Gasteiger partial charge in [-0.3, -0.25) is 4.79 Å². The summed E-state index contributed by atoms with van der Waals surface area (Å²) >= 11 is 0. The van der Waals surface area contributed by atoms with Crippen LogP contribution in [0, 0.1) is 0 Å². The summed E-state index contributed by atoms with van der Waals surface area (Å²) in [4.78, 5) is 10.4. The topological polar surface area (TPSA) is 58.6 Å². The van der Waals surface area contributed by atoms with Crippen LogP contribution in [0.1, 0.15) is 12.6 Å². The van der Waals surface area contributed by atoms with Crippen LogP contribution in [0.15, 0.2) is 6.20 Å². The van der Waals surface area contributed by atoms with Crippen molar-refractivity contribution in [3.05, 3.63) is 11.9 Å². The second kappa shape index (κ2) is 2.39. The van der Waals surface area contributed by atoms with Gasteiger partial charge in [-0.25, -0.2) is 0 Å². The van der Waals surface area contributed by atoms with E-state index in [9.17, 15) is 4.79 Å². The van der Waals surface area contributed by atoms with Crippen molar-refractivity contribution < 1.29 is 4.79 Å². The van der Waals surface area contributed by atoms with E-state index < -0.39 is 0 Å². The summed E-state index contributed by atoms with van der Waals surface area (Å²) in [5.41, 5.74) is 0.697. The zero-order valence-electron chi connectivity index (χ0n) is 5.09. The summed E-state index contributed by atoms with van der Waals surface area (Å²) in [5.74, 6) is 0.101. The third kappa shape index (κ3) is 1.64. The van der Waals surface area contributed by atoms with E-state index in [0.29, 0.717) is 12.1 Å². The third-order valence-corrected chi connectivity index (χ3v) is 0.895. The van der Waals surface area contributed by atoms with Gasteiger partial charge in [0.05, 0.1) is 18.3 Å². The maximum Gasteiger partial charge on any atom is 0.135 e. The lowest BCUT2D eigenvalue weighted by molar-refractivity contribution is -0.116. The molecular weight excluding hydrogens is 118 g/mol. The number of nitrogens with zero attached hydrogens (tertiary/aromatic N) is 2. The second-order valence-electron chi connectivity index (χ2n) is 1.84. The summed E-state index contributed by atoms with van der Waals surface area (Å²) in [5, 5.41) is 9.67. The number of rotatable bonds is 2. The largest absolute Gasteiger partial charge is 0.300 e. The van der Waals surface area contributed by atoms with Crippen LogP contribution in [-0.4, -0.2) is 21.2 Å². The number of Topliss-reactive ketones (excluding diaryl/α,β-unsaturated/α-hetero) is 1. The molecule has 4 heteroatoms. The van der Waals surface area contributed by atoms with Gasteiger partial charge in [0, 0.05) is 0 Å². The molecular formula is C5H7N3O. The summed E-state index contributed by atoms with van der Waals surface area (Å²) in [6.45, 7) is 1.52. The number of hydrogen-bond donors (Lipinski definition) is 1. The molecule has 48 valence electrons. The van der Waals surface area contributed by atoms with Crippen molar-refractivity contribution in [2.24, 2.45) is 0 Å². The Morgan fingerprint density at radius 2 is 2.67 bits per heavy atom. The zero-order chi connectivity index (χ0) is 6.69. The Morgan fingerprint density at radius 3 is 3.11 bits per heavy atom. The van der Waals surface area contributed by atoms with Crippen molar-refractivity contribution in [3.63, 3.8) is 0 Å². The first-order valence-corrected chi connectivity index (χ1v) is 2.63. The van der Waals surface area contributed by atoms with Gasteiger partial charge >= 0.3 is 0 Å². The first-order chi connectivity index (χ1) is 4.29. The molecule has 0 aliphatic rings. The molecule has 4 nitrogen and oxygen atoms in total. The average Bonchev–Trinajstić information content (AvgIpc) is 2.15. The monoisotopic (exact) mass is 125 g/mol. The molecule has 1 aromatic heterocycles. The first kappa shape index (κ1) is 5.94. The predicted octanol–water partition coefficient (Wildman–Crippen LogP) is -0.0638. The molecule has 0 bridgehead atoms. The molecule has 0 spiro atoms. The van der Waals surface area contributed by atoms with Crippen LogP contribution in [-0.2, 0) is 11.2 Å². The van der Waals surface area contributed by atoms with E-state index in [1.165, 1.54) is 6.92 Å². The van der Waals surface area contributed by atoms with Crippen molar-refractivity contribution in [1.82, 2.24) is 15.4 Å². The van der Waals surface area contributed by atoms with Crippen LogP contribution in [0.4, 0.5) is 0 Å². The highest BCUT2D eigenvalue weighted by molar-refractivity contribution is 5.77. The van der Waals surface area contributed by atoms with E-state index in [4.69, 9.17) is 0 Å². The van der Waals surface area contributed by atoms with Crippen LogP contribution in [0.2, 0.25) is 0 Å². The lowest BCUT2D eigenvalue weighted by Gasteiger charge is -1.83. The molecule has 1 heterocycles. The normalized spacial score (nSPS) is 9.44. The molecule has 0 unspecified atom stereocenters. The van der Waals surface area contributed by atoms with E-state index in [1.54, 1.807) is 6.20 Å². The van der Waals surface area contributed by atoms with Crippen LogP contribution in [0.5, 0.6) is 0 Å². The molecule has 0 radical (unpaired) electrons. The van der Waals surface area contributed by atoms with Gasteiger partial charge in [0.2, 0.25) is 0 Å². The van der Waals surface area contributed by atoms with Crippen molar-refractivity contribution >= 4 is 5.78 Å². The van der Waals surface area contributed by atoms with E-state index in [2.05, 4.69) is 15.4 Å². The summed E-state index contributed by atoms with van der Waals surface area (Å²) in [7, 11) is 0. The smallest absolute Gasteiger partial charge is 0.135 e. The standard InChI is InChI=1S/C5H7N3O/c1-4(9)2-5-3-6-8-7-5/h3H,2H2,1H3,(H,6,7,8). The summed E-state index contributed by atoms with van der Waals surface area (Å²) in [6.07, 6.45) is 1.91. The highest BCUT2D eigenvalue weighted by Crippen LogP contribution is 1.89. The van der Waals surface area contributed by atoms with Crippen LogP contribution in [0.25, 0.3) is 0 Å². The van der Waals surface area contributed by atoms with Crippen molar-refractivity contribution in [1.29, 1.82) is 0 Å². The van der Waals surface area contributed by atoms with Crippen LogP contribution >= 0.6 is 0 Å². The number of H-pyrrole nitrogens is 1. The minimum Gasteiger partial charge on any atom is -0.300 e. The number of aromatic amines is 1. The number of carbonyl (C=O) groups excluding carboxylic acids is 1. The summed E-state index contributed by atoms with van der Waals surface area (Å²) < 4.78 is 0. The second-order valence-corrected chi connectivity index (χ2v) is 1.84. The van der Waals surface area contributed by atoms with Crippen LogP contribution < -0.4 is 0 Å². The Kier molecular flexibility index (Phi) is 1.58. The Bertz CT molecular complexity index is 192. The molecule has 0 saturated heterocycles. The molecule has 0 fully saturated rings. The van der Waals surface area contributed by atoms with Gasteiger partial charge in [0.15, 0.2) is 0 Å². The lowest BCUT2D eigenvalue weighted by Crippen LogP contribution is -1.95. The number of hydrogen-bond acceptors (Lipinski definition) is 3. The van der Waals surface area contributed by atoms with E-state index in [0.717, 1.165) is 0 Å². The van der Waals surface area contributed by atoms with Gasteiger partial charge in [-0.05, 0) is 6.92 Å². The zero-order valence-corrected chi connectivity index (χ0v) is 5.09. The number of nitrogens with one attached hydrogen (secondary N) is 1. The number of ketones is 1. The Labute approximate surface area is 52.3 Å². The van der Waals surface area contributed by atoms with Gasteiger partial charge in [0.25, 0.3) is 0 Å². The fourth-order valence-electron chi connectivity index (χ4n) is 0.566. The minimum absolute atomic E-state index is 0.101. The lowest BCUT2D eigenvalue weighted by atomic mass is 10.2. The van der Waals surface area contributed by atoms with Crippen molar-refractivity contribution in [2.45, 2.75) is 13.3 Å². The van der Waals surface area contributed by atoms with Gasteiger partial charge in [-0.2, -0.15) is 15.4 Å². The molecule has 0 aromatic carbocycles. The molecule has 9 heavy (non-hydrogen) atoms. The average molecular weight is 125 g/mol. The molecule has 0 saturated carbocycles. The van der Waals surface area contributed by atoms with Gasteiger partial charge < -0.3 is 0 Å². The fraction of sp³-hybridized carbons (Fsp3) is 0.400. The fourth-order valence-corrected chi connectivity index (χ4v) is 0.566. The maximum atomic E-state index is 10.4. The van der Waals surface area contributed by atoms with E-state index in [-0.39, 0.29) is 5.78 Å².